The van der Waals surface area contributed by atoms with Crippen molar-refractivity contribution in [2.45, 2.75) is 85.0 Å². The Kier molecular flexibility index (Phi) is 9.66. The number of ketones is 1. The fraction of sp³-hybridized carbons (Fsp3) is 0.682. The second-order valence-corrected chi connectivity index (χ2v) is 11.9. The van der Waals surface area contributed by atoms with Crippen molar-refractivity contribution in [3.8, 4) is 0 Å². The molecule has 0 aliphatic heterocycles. The second-order valence-electron chi connectivity index (χ2n) is 7.15. The number of rotatable bonds is 12. The van der Waals surface area contributed by atoms with Gasteiger partial charge in [-0.25, -0.2) is 0 Å². The van der Waals surface area contributed by atoms with Crippen molar-refractivity contribution in [3.63, 3.8) is 0 Å². The Morgan fingerprint density at radius 3 is 1.80 bits per heavy atom. The maximum Gasteiger partial charge on any atom is 0.192 e. The molecule has 2 atom stereocenters. The number of hydrogen-bond acceptors (Lipinski definition) is 2. The first-order valence-corrected chi connectivity index (χ1v) is 12.8. The Morgan fingerprint density at radius 1 is 0.880 bits per heavy atom. The van der Waals surface area contributed by atoms with Gasteiger partial charge in [-0.3, -0.25) is 4.79 Å². The summed E-state index contributed by atoms with van der Waals surface area (Å²) in [6.07, 6.45) is 3.04. The molecule has 0 heterocycles. The molecule has 0 saturated carbocycles. The molecule has 0 saturated heterocycles. The van der Waals surface area contributed by atoms with Gasteiger partial charge in [-0.2, -0.15) is 0 Å². The van der Waals surface area contributed by atoms with Gasteiger partial charge in [0.2, 0.25) is 0 Å². The summed E-state index contributed by atoms with van der Waals surface area (Å²) in [5.74, 6) is 0.671. The van der Waals surface area contributed by atoms with Gasteiger partial charge in [-0.15, -0.1) is 0 Å². The van der Waals surface area contributed by atoms with Crippen LogP contribution in [0.25, 0.3) is 0 Å². The quantitative estimate of drug-likeness (QED) is 0.304. The third-order valence-corrected chi connectivity index (χ3v) is 10.7. The number of Topliss-reactive ketones (excluding diaryl/α,β-unsaturated/α-hetero) is 1. The fourth-order valence-corrected chi connectivity index (χ4v) is 6.87. The van der Waals surface area contributed by atoms with Gasteiger partial charge in [0.15, 0.2) is 14.1 Å². The van der Waals surface area contributed by atoms with Crippen LogP contribution in [0.5, 0.6) is 0 Å². The first kappa shape index (κ1) is 22.1. The van der Waals surface area contributed by atoms with Gasteiger partial charge < -0.3 is 4.43 Å². The average Bonchev–Trinajstić information content (AvgIpc) is 2.67. The lowest BCUT2D eigenvalue weighted by Crippen LogP contribution is -2.47. The molecule has 0 unspecified atom stereocenters. The molecule has 1 aromatic carbocycles. The minimum atomic E-state index is -1.75. The van der Waals surface area contributed by atoms with Gasteiger partial charge in [0, 0.05) is 11.5 Å². The molecule has 1 rings (SSSR count). The summed E-state index contributed by atoms with van der Waals surface area (Å²) in [6.45, 7) is 13.4. The molecule has 0 amide bonds. The lowest BCUT2D eigenvalue weighted by Gasteiger charge is -2.40. The highest BCUT2D eigenvalue weighted by atomic mass is 28.4. The molecule has 0 spiro atoms. The van der Waals surface area contributed by atoms with Gasteiger partial charge in [0.1, 0.15) is 0 Å². The molecule has 0 fully saturated rings. The van der Waals surface area contributed by atoms with Crippen molar-refractivity contribution in [1.29, 1.82) is 0 Å². The van der Waals surface area contributed by atoms with Crippen LogP contribution >= 0.6 is 0 Å². The molecule has 0 N–H and O–H groups in total. The lowest BCUT2D eigenvalue weighted by atomic mass is 9.81. The Balaban J connectivity index is 3.21. The molecule has 3 heteroatoms. The molecule has 2 nitrogen and oxygen atoms in total. The van der Waals surface area contributed by atoms with Crippen molar-refractivity contribution in [2.75, 3.05) is 0 Å². The zero-order valence-corrected chi connectivity index (χ0v) is 18.2. The minimum absolute atomic E-state index is 0.0381. The highest BCUT2D eigenvalue weighted by molar-refractivity contribution is 6.73. The molecule has 1 aromatic rings. The summed E-state index contributed by atoms with van der Waals surface area (Å²) in [5.41, 5.74) is 0.825. The predicted molar refractivity (Wildman–Crippen MR) is 111 cm³/mol. The van der Waals surface area contributed by atoms with E-state index in [4.69, 9.17) is 4.43 Å². The smallest absolute Gasteiger partial charge is 0.192 e. The first-order chi connectivity index (χ1) is 12.0. The predicted octanol–water partition coefficient (Wildman–Crippen LogP) is 6.72. The lowest BCUT2D eigenvalue weighted by molar-refractivity contribution is 0.0465. The van der Waals surface area contributed by atoms with Gasteiger partial charge in [0.05, 0.1) is 6.10 Å². The van der Waals surface area contributed by atoms with Crippen molar-refractivity contribution < 1.29 is 9.22 Å². The van der Waals surface area contributed by atoms with Crippen molar-refractivity contribution >= 4 is 14.1 Å². The van der Waals surface area contributed by atoms with Crippen LogP contribution in [0.15, 0.2) is 30.3 Å². The summed E-state index contributed by atoms with van der Waals surface area (Å²) in [6, 6.07) is 13.2. The molecular formula is C22H38O2Si. The number of carbonyl (C=O) groups is 1. The minimum Gasteiger partial charge on any atom is -0.413 e. The van der Waals surface area contributed by atoms with Crippen LogP contribution in [-0.2, 0) is 4.43 Å². The Bertz CT molecular complexity index is 484. The Morgan fingerprint density at radius 2 is 1.40 bits per heavy atom. The van der Waals surface area contributed by atoms with E-state index in [0.717, 1.165) is 43.0 Å². The van der Waals surface area contributed by atoms with Crippen LogP contribution in [0.4, 0.5) is 0 Å². The standard InChI is InChI=1S/C22H38O2Si/c1-7-18(8-2)22(24-25(10-4,11-5)12-6)20(9-3)21(23)19-16-14-13-15-17-19/h13-18,20,22H,7-12H2,1-6H3/t20-,22+/m1/s1. The van der Waals surface area contributed by atoms with Crippen LogP contribution in [0.3, 0.4) is 0 Å². The summed E-state index contributed by atoms with van der Waals surface area (Å²) >= 11 is 0. The molecule has 0 bridgehead atoms. The second kappa shape index (κ2) is 10.9. The van der Waals surface area contributed by atoms with E-state index in [1.165, 1.54) is 0 Å². The van der Waals surface area contributed by atoms with E-state index >= 15 is 0 Å². The Hall–Kier alpha value is -0.933. The average molecular weight is 363 g/mol. The normalized spacial score (nSPS) is 14.5. The number of carbonyl (C=O) groups excluding carboxylic acids is 1. The van der Waals surface area contributed by atoms with Gasteiger partial charge in [-0.05, 0) is 30.5 Å². The highest BCUT2D eigenvalue weighted by Crippen LogP contribution is 2.34. The summed E-state index contributed by atoms with van der Waals surface area (Å²) in [7, 11) is -1.75. The van der Waals surface area contributed by atoms with Crippen LogP contribution in [0, 0.1) is 11.8 Å². The van der Waals surface area contributed by atoms with E-state index < -0.39 is 8.32 Å². The van der Waals surface area contributed by atoms with Crippen LogP contribution in [0.2, 0.25) is 18.1 Å². The zero-order chi connectivity index (χ0) is 18.9. The van der Waals surface area contributed by atoms with Crippen molar-refractivity contribution in [2.24, 2.45) is 11.8 Å². The molecule has 0 aliphatic rings. The van der Waals surface area contributed by atoms with Crippen molar-refractivity contribution in [1.82, 2.24) is 0 Å². The van der Waals surface area contributed by atoms with E-state index in [0.29, 0.717) is 5.92 Å². The molecule has 0 aromatic heterocycles. The third-order valence-electron chi connectivity index (χ3n) is 6.06. The SMILES string of the molecule is CCC(CC)[C@H](O[Si](CC)(CC)CC)[C@H](CC)C(=O)c1ccccc1. The summed E-state index contributed by atoms with van der Waals surface area (Å²) < 4.78 is 6.94. The molecule has 25 heavy (non-hydrogen) atoms. The highest BCUT2D eigenvalue weighted by Gasteiger charge is 2.39. The summed E-state index contributed by atoms with van der Waals surface area (Å²) in [4.78, 5) is 13.2. The van der Waals surface area contributed by atoms with Crippen LogP contribution in [0.1, 0.15) is 71.2 Å². The van der Waals surface area contributed by atoms with E-state index in [1.807, 2.05) is 30.3 Å². The van der Waals surface area contributed by atoms with Gasteiger partial charge in [-0.1, -0.05) is 84.7 Å². The van der Waals surface area contributed by atoms with E-state index in [9.17, 15) is 4.79 Å². The maximum atomic E-state index is 13.2. The van der Waals surface area contributed by atoms with Crippen LogP contribution in [-0.4, -0.2) is 20.2 Å². The van der Waals surface area contributed by atoms with Gasteiger partial charge in [0.25, 0.3) is 0 Å². The molecule has 0 radical (unpaired) electrons. The van der Waals surface area contributed by atoms with E-state index in [1.54, 1.807) is 0 Å². The molecule has 142 valence electrons. The third kappa shape index (κ3) is 5.52. The molecular weight excluding hydrogens is 324 g/mol. The fourth-order valence-electron chi connectivity index (χ4n) is 3.93. The largest absolute Gasteiger partial charge is 0.413 e. The maximum absolute atomic E-state index is 13.2. The number of benzene rings is 1. The van der Waals surface area contributed by atoms with Gasteiger partial charge >= 0.3 is 0 Å². The molecule has 0 aliphatic carbocycles. The monoisotopic (exact) mass is 362 g/mol. The van der Waals surface area contributed by atoms with Crippen LogP contribution < -0.4 is 0 Å². The van der Waals surface area contributed by atoms with E-state index in [2.05, 4.69) is 41.5 Å². The summed E-state index contributed by atoms with van der Waals surface area (Å²) in [5, 5.41) is 0. The Labute approximate surface area is 156 Å². The zero-order valence-electron chi connectivity index (χ0n) is 17.2. The van der Waals surface area contributed by atoms with Crippen molar-refractivity contribution in [3.05, 3.63) is 35.9 Å². The number of hydrogen-bond donors (Lipinski definition) is 0. The van der Waals surface area contributed by atoms with E-state index in [-0.39, 0.29) is 17.8 Å². The topological polar surface area (TPSA) is 26.3 Å². The first-order valence-electron chi connectivity index (χ1n) is 10.3.